The molecule has 0 saturated heterocycles. The van der Waals surface area contributed by atoms with E-state index in [1.165, 1.54) is 10.2 Å². The molecule has 4 aromatic rings. The number of hydrogen-bond acceptors (Lipinski definition) is 6. The Hall–Kier alpha value is -3.74. The summed E-state index contributed by atoms with van der Waals surface area (Å²) in [6.45, 7) is 0.148. The molecule has 0 spiro atoms. The topological polar surface area (TPSA) is 116 Å². The smallest absolute Gasteiger partial charge is 0.267 e. The largest absolute Gasteiger partial charge is 0.362 e. The quantitative estimate of drug-likeness (QED) is 0.384. The first-order chi connectivity index (χ1) is 15.0. The second-order valence-electron chi connectivity index (χ2n) is 6.54. The number of nitriles is 1. The summed E-state index contributed by atoms with van der Waals surface area (Å²) in [6, 6.07) is 20.7. The van der Waals surface area contributed by atoms with Gasteiger partial charge in [0.25, 0.3) is 10.0 Å². The number of hydrogen-bond donors (Lipinski definition) is 3. The molecule has 0 atom stereocenters. The molecule has 10 heteroatoms. The fourth-order valence-corrected chi connectivity index (χ4v) is 4.62. The van der Waals surface area contributed by atoms with Crippen LogP contribution in [-0.4, -0.2) is 22.6 Å². The molecule has 2 aromatic heterocycles. The minimum Gasteiger partial charge on any atom is -0.362 e. The summed E-state index contributed by atoms with van der Waals surface area (Å²) in [5, 5.41) is 23.2. The van der Waals surface area contributed by atoms with E-state index in [-0.39, 0.29) is 17.0 Å². The average molecular weight is 453 g/mol. The molecule has 0 aliphatic rings. The SMILES string of the molecule is N#Cc1c(NCc2cccn2S(=O)(=O)c2ccccc2)n[nH]c1Nc1cccc(Cl)c1. The summed E-state index contributed by atoms with van der Waals surface area (Å²) >= 11 is 6.00. The van der Waals surface area contributed by atoms with Crippen LogP contribution in [-0.2, 0) is 16.6 Å². The summed E-state index contributed by atoms with van der Waals surface area (Å²) in [6.07, 6.45) is 1.49. The number of aromatic nitrogens is 3. The van der Waals surface area contributed by atoms with Gasteiger partial charge in [-0.05, 0) is 42.5 Å². The van der Waals surface area contributed by atoms with Crippen molar-refractivity contribution in [3.8, 4) is 6.07 Å². The number of halogens is 1. The Bertz CT molecular complexity index is 1360. The minimum atomic E-state index is -3.73. The van der Waals surface area contributed by atoms with E-state index in [9.17, 15) is 13.7 Å². The van der Waals surface area contributed by atoms with Crippen molar-refractivity contribution in [3.63, 3.8) is 0 Å². The summed E-state index contributed by atoms with van der Waals surface area (Å²) < 4.78 is 27.1. The van der Waals surface area contributed by atoms with Gasteiger partial charge >= 0.3 is 0 Å². The van der Waals surface area contributed by atoms with Crippen LogP contribution >= 0.6 is 11.6 Å². The van der Waals surface area contributed by atoms with Crippen molar-refractivity contribution in [1.29, 1.82) is 5.26 Å². The van der Waals surface area contributed by atoms with Crippen molar-refractivity contribution in [2.75, 3.05) is 10.6 Å². The molecule has 0 saturated carbocycles. The fourth-order valence-electron chi connectivity index (χ4n) is 3.03. The molecular formula is C21H17ClN6O2S. The highest BCUT2D eigenvalue weighted by Crippen LogP contribution is 2.26. The Morgan fingerprint density at radius 1 is 1.10 bits per heavy atom. The van der Waals surface area contributed by atoms with Crippen LogP contribution in [0, 0.1) is 11.3 Å². The third-order valence-corrected chi connectivity index (χ3v) is 6.48. The molecule has 0 bridgehead atoms. The maximum absolute atomic E-state index is 12.9. The highest BCUT2D eigenvalue weighted by atomic mass is 35.5. The third-order valence-electron chi connectivity index (χ3n) is 4.50. The van der Waals surface area contributed by atoms with Crippen molar-refractivity contribution in [1.82, 2.24) is 14.2 Å². The fraction of sp³-hybridized carbons (Fsp3) is 0.0476. The lowest BCUT2D eigenvalue weighted by atomic mass is 10.3. The normalized spacial score (nSPS) is 11.1. The van der Waals surface area contributed by atoms with E-state index in [2.05, 4.69) is 26.9 Å². The van der Waals surface area contributed by atoms with E-state index in [0.717, 1.165) is 0 Å². The van der Waals surface area contributed by atoms with Crippen LogP contribution < -0.4 is 10.6 Å². The Morgan fingerprint density at radius 2 is 1.90 bits per heavy atom. The van der Waals surface area contributed by atoms with E-state index >= 15 is 0 Å². The van der Waals surface area contributed by atoms with E-state index in [0.29, 0.717) is 28.0 Å². The van der Waals surface area contributed by atoms with Gasteiger partial charge in [0.2, 0.25) is 0 Å². The first-order valence-electron chi connectivity index (χ1n) is 9.21. The van der Waals surface area contributed by atoms with Crippen molar-refractivity contribution >= 4 is 38.9 Å². The second kappa shape index (κ2) is 8.55. The molecule has 2 aromatic carbocycles. The van der Waals surface area contributed by atoms with Crippen LogP contribution in [0.1, 0.15) is 11.3 Å². The van der Waals surface area contributed by atoms with E-state index < -0.39 is 10.0 Å². The van der Waals surface area contributed by atoms with Crippen molar-refractivity contribution < 1.29 is 8.42 Å². The average Bonchev–Trinajstić information content (AvgIpc) is 3.40. The van der Waals surface area contributed by atoms with Gasteiger partial charge in [0.05, 0.1) is 17.1 Å². The number of rotatable bonds is 7. The van der Waals surface area contributed by atoms with Gasteiger partial charge in [-0.15, -0.1) is 0 Å². The highest BCUT2D eigenvalue weighted by Gasteiger charge is 2.20. The molecule has 0 fully saturated rings. The van der Waals surface area contributed by atoms with Crippen LogP contribution in [0.5, 0.6) is 0 Å². The Morgan fingerprint density at radius 3 is 2.65 bits per heavy atom. The molecule has 0 aliphatic heterocycles. The molecule has 0 aliphatic carbocycles. The lowest BCUT2D eigenvalue weighted by Gasteiger charge is -2.11. The van der Waals surface area contributed by atoms with Crippen molar-refractivity contribution in [2.45, 2.75) is 11.4 Å². The summed E-state index contributed by atoms with van der Waals surface area (Å²) in [4.78, 5) is 0.193. The summed E-state index contributed by atoms with van der Waals surface area (Å²) in [5.41, 5.74) is 1.46. The monoisotopic (exact) mass is 452 g/mol. The van der Waals surface area contributed by atoms with Gasteiger partial charge in [0.15, 0.2) is 5.82 Å². The number of anilines is 3. The zero-order valence-corrected chi connectivity index (χ0v) is 17.7. The second-order valence-corrected chi connectivity index (χ2v) is 8.79. The van der Waals surface area contributed by atoms with Crippen LogP contribution in [0.3, 0.4) is 0 Å². The van der Waals surface area contributed by atoms with Gasteiger partial charge < -0.3 is 10.6 Å². The third kappa shape index (κ3) is 4.26. The first kappa shape index (κ1) is 20.5. The molecule has 0 amide bonds. The van der Waals surface area contributed by atoms with E-state index in [4.69, 9.17) is 11.6 Å². The molecule has 8 nitrogen and oxygen atoms in total. The van der Waals surface area contributed by atoms with E-state index in [1.54, 1.807) is 60.7 Å². The number of aromatic amines is 1. The van der Waals surface area contributed by atoms with Crippen molar-refractivity contribution in [3.05, 3.63) is 89.2 Å². The van der Waals surface area contributed by atoms with Gasteiger partial charge in [0, 0.05) is 16.9 Å². The Labute approximate surface area is 184 Å². The molecule has 0 radical (unpaired) electrons. The molecule has 3 N–H and O–H groups in total. The number of benzene rings is 2. The maximum atomic E-state index is 12.9. The molecular weight excluding hydrogens is 436 g/mol. The maximum Gasteiger partial charge on any atom is 0.267 e. The molecule has 156 valence electrons. The van der Waals surface area contributed by atoms with Crippen LogP contribution in [0.15, 0.2) is 77.8 Å². The molecule has 4 rings (SSSR count). The lowest BCUT2D eigenvalue weighted by Crippen LogP contribution is -2.16. The summed E-state index contributed by atoms with van der Waals surface area (Å²) in [7, 11) is -3.73. The highest BCUT2D eigenvalue weighted by molar-refractivity contribution is 7.90. The van der Waals surface area contributed by atoms with Crippen LogP contribution in [0.2, 0.25) is 5.02 Å². The van der Waals surface area contributed by atoms with Gasteiger partial charge in [-0.25, -0.2) is 12.4 Å². The Kier molecular flexibility index (Phi) is 5.66. The molecule has 2 heterocycles. The molecule has 31 heavy (non-hydrogen) atoms. The number of H-pyrrole nitrogens is 1. The minimum absolute atomic E-state index is 0.148. The van der Waals surface area contributed by atoms with Crippen LogP contribution in [0.4, 0.5) is 17.3 Å². The van der Waals surface area contributed by atoms with Crippen LogP contribution in [0.25, 0.3) is 0 Å². The Balaban J connectivity index is 1.54. The summed E-state index contributed by atoms with van der Waals surface area (Å²) in [5.74, 6) is 0.705. The predicted octanol–water partition coefficient (Wildman–Crippen LogP) is 4.33. The zero-order chi connectivity index (χ0) is 21.8. The van der Waals surface area contributed by atoms with Gasteiger partial charge in [-0.3, -0.25) is 5.10 Å². The van der Waals surface area contributed by atoms with Gasteiger partial charge in [-0.2, -0.15) is 10.4 Å². The van der Waals surface area contributed by atoms with Gasteiger partial charge in [0.1, 0.15) is 17.5 Å². The van der Waals surface area contributed by atoms with Gasteiger partial charge in [-0.1, -0.05) is 35.9 Å². The number of nitrogens with zero attached hydrogens (tertiary/aromatic N) is 3. The zero-order valence-electron chi connectivity index (χ0n) is 16.1. The lowest BCUT2D eigenvalue weighted by molar-refractivity contribution is 0.585. The van der Waals surface area contributed by atoms with Crippen molar-refractivity contribution in [2.24, 2.45) is 0 Å². The van der Waals surface area contributed by atoms with E-state index in [1.807, 2.05) is 6.07 Å². The number of nitrogens with one attached hydrogen (secondary N) is 3. The molecule has 0 unspecified atom stereocenters. The predicted molar refractivity (Wildman–Crippen MR) is 119 cm³/mol. The first-order valence-corrected chi connectivity index (χ1v) is 11.0. The standard InChI is InChI=1S/C21H17ClN6O2S/c22-15-6-4-7-16(12-15)25-21-19(13-23)20(26-27-21)24-14-17-8-5-11-28(17)31(29,30)18-9-2-1-3-10-18/h1-12H,14H2,(H3,24,25,26,27).